The van der Waals surface area contributed by atoms with Crippen molar-refractivity contribution in [1.82, 2.24) is 24.8 Å². The van der Waals surface area contributed by atoms with Crippen LogP contribution in [0.4, 0.5) is 5.69 Å². The number of carboxylic acids is 1. The Morgan fingerprint density at radius 2 is 1.85 bits per heavy atom. The summed E-state index contributed by atoms with van der Waals surface area (Å²) in [4.78, 5) is 42.2. The highest BCUT2D eigenvalue weighted by atomic mass is 35.5. The largest absolute Gasteiger partial charge is 0.481 e. The number of hydrogen-bond acceptors (Lipinski definition) is 11. The van der Waals surface area contributed by atoms with E-state index in [2.05, 4.69) is 14.8 Å². The van der Waals surface area contributed by atoms with E-state index in [0.29, 0.717) is 89.9 Å². The summed E-state index contributed by atoms with van der Waals surface area (Å²) in [5.74, 6) is -0.601. The summed E-state index contributed by atoms with van der Waals surface area (Å²) in [5, 5.41) is 32.5. The van der Waals surface area contributed by atoms with Crippen LogP contribution in [0.3, 0.4) is 0 Å². The molecule has 3 atom stereocenters. The molecule has 0 saturated carbocycles. The van der Waals surface area contributed by atoms with Crippen LogP contribution in [0.1, 0.15) is 47.7 Å². The molecule has 4 heterocycles. The van der Waals surface area contributed by atoms with E-state index in [-0.39, 0.29) is 29.3 Å². The van der Waals surface area contributed by atoms with E-state index in [9.17, 15) is 25.1 Å². The molecule has 0 radical (unpaired) electrons. The fourth-order valence-corrected chi connectivity index (χ4v) is 8.45. The molecular formula is C38H37ClN6O7. The van der Waals surface area contributed by atoms with Crippen LogP contribution in [0.2, 0.25) is 5.02 Å². The SMILES string of the molecule is COc1nc(-c2cccc(-c3cccc(-c4nc5cc6c(c([N+](=O)[O-])c5o4)CC[C@H]6N4CC[C@@H](C(=O)O)C4)c3C)c2Cl)cnc1CN1CC[C@@H](O)C1. The zero-order valence-electron chi connectivity index (χ0n) is 28.7. The molecule has 2 saturated heterocycles. The molecule has 2 fully saturated rings. The number of hydrogen-bond donors (Lipinski definition) is 2. The van der Waals surface area contributed by atoms with Crippen molar-refractivity contribution >= 4 is 34.4 Å². The molecule has 2 aliphatic heterocycles. The van der Waals surface area contributed by atoms with Crippen molar-refractivity contribution in [3.05, 3.63) is 86.2 Å². The van der Waals surface area contributed by atoms with Gasteiger partial charge in [-0.3, -0.25) is 29.7 Å². The number of ether oxygens (including phenoxy) is 1. The van der Waals surface area contributed by atoms with E-state index < -0.39 is 16.8 Å². The van der Waals surface area contributed by atoms with Crippen molar-refractivity contribution in [3.63, 3.8) is 0 Å². The first-order valence-corrected chi connectivity index (χ1v) is 17.8. The first-order valence-electron chi connectivity index (χ1n) is 17.4. The van der Waals surface area contributed by atoms with Gasteiger partial charge in [0.05, 0.1) is 41.0 Å². The highest BCUT2D eigenvalue weighted by Crippen LogP contribution is 2.47. The summed E-state index contributed by atoms with van der Waals surface area (Å²) < 4.78 is 11.9. The number of aliphatic hydroxyl groups excluding tert-OH is 1. The smallest absolute Gasteiger partial charge is 0.317 e. The van der Waals surface area contributed by atoms with Crippen LogP contribution in [-0.2, 0) is 17.8 Å². The van der Waals surface area contributed by atoms with Crippen LogP contribution in [0.15, 0.2) is 53.1 Å². The van der Waals surface area contributed by atoms with Gasteiger partial charge < -0.3 is 19.4 Å². The predicted molar refractivity (Wildman–Crippen MR) is 193 cm³/mol. The number of benzene rings is 3. The number of oxazole rings is 1. The average molecular weight is 725 g/mol. The van der Waals surface area contributed by atoms with E-state index in [0.717, 1.165) is 35.2 Å². The Bertz CT molecular complexity index is 2240. The van der Waals surface area contributed by atoms with E-state index in [1.54, 1.807) is 13.3 Å². The molecule has 5 aromatic rings. The predicted octanol–water partition coefficient (Wildman–Crippen LogP) is 6.46. The fourth-order valence-electron chi connectivity index (χ4n) is 8.13. The van der Waals surface area contributed by atoms with Crippen molar-refractivity contribution in [2.45, 2.75) is 51.3 Å². The number of nitro groups is 1. The number of halogens is 1. The lowest BCUT2D eigenvalue weighted by Crippen LogP contribution is -2.26. The minimum absolute atomic E-state index is 0.0761. The Kier molecular flexibility index (Phi) is 8.90. The number of methoxy groups -OCH3 is 1. The molecule has 2 N–H and O–H groups in total. The van der Waals surface area contributed by atoms with Crippen LogP contribution in [0.5, 0.6) is 5.88 Å². The monoisotopic (exact) mass is 724 g/mol. The van der Waals surface area contributed by atoms with E-state index >= 15 is 0 Å². The van der Waals surface area contributed by atoms with Crippen LogP contribution in [0, 0.1) is 23.0 Å². The molecule has 0 spiro atoms. The van der Waals surface area contributed by atoms with Crippen LogP contribution in [-0.4, -0.2) is 85.3 Å². The van der Waals surface area contributed by atoms with E-state index in [1.165, 1.54) is 0 Å². The molecule has 8 rings (SSSR count). The van der Waals surface area contributed by atoms with Crippen molar-refractivity contribution < 1.29 is 29.1 Å². The summed E-state index contributed by atoms with van der Waals surface area (Å²) >= 11 is 7.11. The summed E-state index contributed by atoms with van der Waals surface area (Å²) in [6.45, 7) is 4.85. The van der Waals surface area contributed by atoms with Gasteiger partial charge in [-0.25, -0.2) is 9.97 Å². The van der Waals surface area contributed by atoms with Gasteiger partial charge in [0.1, 0.15) is 11.2 Å². The molecule has 3 aliphatic rings. The number of carbonyl (C=O) groups is 1. The lowest BCUT2D eigenvalue weighted by molar-refractivity contribution is -0.384. The molecule has 2 aromatic heterocycles. The second-order valence-corrected chi connectivity index (χ2v) is 14.2. The number of rotatable bonds is 9. The first-order chi connectivity index (χ1) is 25.1. The molecule has 1 aliphatic carbocycles. The number of aliphatic carboxylic acids is 1. The maximum Gasteiger partial charge on any atom is 0.317 e. The van der Waals surface area contributed by atoms with Crippen LogP contribution < -0.4 is 4.74 Å². The highest BCUT2D eigenvalue weighted by molar-refractivity contribution is 6.36. The molecule has 0 unspecified atom stereocenters. The van der Waals surface area contributed by atoms with Crippen molar-refractivity contribution in [3.8, 4) is 39.7 Å². The molecule has 268 valence electrons. The van der Waals surface area contributed by atoms with Gasteiger partial charge in [0.25, 0.3) is 0 Å². The fraction of sp³-hybridized carbons (Fsp3) is 0.368. The third kappa shape index (κ3) is 5.97. The zero-order chi connectivity index (χ0) is 36.3. The van der Waals surface area contributed by atoms with Gasteiger partial charge in [-0.2, -0.15) is 0 Å². The van der Waals surface area contributed by atoms with Crippen LogP contribution in [0.25, 0.3) is 44.9 Å². The summed E-state index contributed by atoms with van der Waals surface area (Å²) in [6.07, 6.45) is 3.80. The Morgan fingerprint density at radius 1 is 1.08 bits per heavy atom. The van der Waals surface area contributed by atoms with Crippen molar-refractivity contribution in [1.29, 1.82) is 0 Å². The lowest BCUT2D eigenvalue weighted by atomic mass is 9.94. The third-order valence-electron chi connectivity index (χ3n) is 10.8. The summed E-state index contributed by atoms with van der Waals surface area (Å²) in [5.41, 5.74) is 6.87. The molecular weight excluding hydrogens is 688 g/mol. The van der Waals surface area contributed by atoms with Gasteiger partial charge in [-0.1, -0.05) is 41.9 Å². The van der Waals surface area contributed by atoms with E-state index in [1.807, 2.05) is 49.4 Å². The normalized spacial score (nSPS) is 20.5. The standard InChI is InChI=1S/C38H37ClN6O7/c1-20-23(25-7-4-8-27(33(25)39)30-16-40-31(37(42-30)51-2)19-43-13-12-22(46)18-43)5-3-6-24(20)36-41-29-15-28-26(34(45(49)50)35(29)52-36)9-10-32(28)44-14-11-21(17-44)38(47)48/h3-8,15-16,21-22,32,46H,9-14,17-19H2,1-2H3,(H,47,48)/t21-,22-,32-/m1/s1. The number of likely N-dealkylation sites (tertiary alicyclic amines) is 2. The topological polar surface area (TPSA) is 168 Å². The van der Waals surface area contributed by atoms with Gasteiger partial charge in [0.15, 0.2) is 0 Å². The quantitative estimate of drug-likeness (QED) is 0.126. The number of carboxylic acid groups (broad SMARTS) is 1. The number of nitro benzene ring substituents is 1. The third-order valence-corrected chi connectivity index (χ3v) is 11.2. The highest BCUT2D eigenvalue weighted by Gasteiger charge is 2.40. The minimum atomic E-state index is -0.812. The Morgan fingerprint density at radius 3 is 2.56 bits per heavy atom. The Balaban J connectivity index is 1.13. The van der Waals surface area contributed by atoms with Crippen LogP contribution >= 0.6 is 11.6 Å². The number of nitrogens with zero attached hydrogens (tertiary/aromatic N) is 6. The zero-order valence-corrected chi connectivity index (χ0v) is 29.5. The maximum atomic E-state index is 12.5. The number of aromatic nitrogens is 3. The molecule has 14 heteroatoms. The average Bonchev–Trinajstić information content (AvgIpc) is 3.94. The molecule has 0 amide bonds. The van der Waals surface area contributed by atoms with Gasteiger partial charge in [0.2, 0.25) is 17.4 Å². The number of aliphatic hydroxyl groups is 1. The van der Waals surface area contributed by atoms with Gasteiger partial charge in [-0.05, 0) is 68.0 Å². The second kappa shape index (κ2) is 13.6. The molecule has 3 aromatic carbocycles. The Labute approximate surface area is 304 Å². The van der Waals surface area contributed by atoms with Gasteiger partial charge in [0, 0.05) is 54.5 Å². The molecule has 13 nitrogen and oxygen atoms in total. The summed E-state index contributed by atoms with van der Waals surface area (Å²) in [6, 6.07) is 13.2. The second-order valence-electron chi connectivity index (χ2n) is 13.8. The molecule has 52 heavy (non-hydrogen) atoms. The lowest BCUT2D eigenvalue weighted by Gasteiger charge is -2.24. The minimum Gasteiger partial charge on any atom is -0.481 e. The first kappa shape index (κ1) is 34.2. The van der Waals surface area contributed by atoms with Crippen molar-refractivity contribution in [2.75, 3.05) is 33.3 Å². The van der Waals surface area contributed by atoms with E-state index in [4.69, 9.17) is 30.7 Å². The number of fused-ring (bicyclic) bond motifs is 2. The van der Waals surface area contributed by atoms with Gasteiger partial charge >= 0.3 is 11.7 Å². The van der Waals surface area contributed by atoms with Crippen molar-refractivity contribution in [2.24, 2.45) is 5.92 Å². The Hall–Kier alpha value is -4.95. The maximum absolute atomic E-state index is 12.5. The summed E-state index contributed by atoms with van der Waals surface area (Å²) in [7, 11) is 1.56. The number of β-amino-alcohol motifs (C(OH)–C–C–N with tert-alkyl or cyclic N) is 1. The molecule has 0 bridgehead atoms. The van der Waals surface area contributed by atoms with Gasteiger partial charge in [-0.15, -0.1) is 0 Å².